The lowest BCUT2D eigenvalue weighted by molar-refractivity contribution is -0.137. The Labute approximate surface area is 122 Å². The molecule has 2 aromatic rings. The molecule has 21 heavy (non-hydrogen) atoms. The number of rotatable bonds is 5. The summed E-state index contributed by atoms with van der Waals surface area (Å²) in [6.45, 7) is 1.79. The van der Waals surface area contributed by atoms with Gasteiger partial charge in [0.1, 0.15) is 5.69 Å². The number of aromatic nitrogens is 1. The fourth-order valence-corrected chi connectivity index (χ4v) is 2.06. The number of nitrogens with zero attached hydrogens (tertiary/aromatic N) is 1. The first-order chi connectivity index (χ1) is 10.1. The predicted octanol–water partition coefficient (Wildman–Crippen LogP) is 2.34. The van der Waals surface area contributed by atoms with Gasteiger partial charge in [0.2, 0.25) is 0 Å². The lowest BCUT2D eigenvalue weighted by Gasteiger charge is -2.17. The molecule has 5 nitrogen and oxygen atoms in total. The molecule has 0 spiro atoms. The van der Waals surface area contributed by atoms with E-state index in [9.17, 15) is 9.59 Å². The largest absolute Gasteiger partial charge is 0.481 e. The van der Waals surface area contributed by atoms with Crippen molar-refractivity contribution in [1.82, 2.24) is 10.3 Å². The van der Waals surface area contributed by atoms with Crippen LogP contribution >= 0.6 is 0 Å². The van der Waals surface area contributed by atoms with Crippen LogP contribution < -0.4 is 5.32 Å². The van der Waals surface area contributed by atoms with E-state index in [0.29, 0.717) is 5.69 Å². The molecule has 0 saturated heterocycles. The second kappa shape index (κ2) is 6.65. The Balaban J connectivity index is 2.21. The molecule has 0 saturated carbocycles. The standard InChI is InChI=1S/C16H16N2O3/c1-11-6-5-9-17-15(11)16(21)18-13(10-14(19)20)12-7-3-2-4-8-12/h2-9,13H,10H2,1H3,(H,18,21)(H,19,20). The van der Waals surface area contributed by atoms with E-state index in [0.717, 1.165) is 11.1 Å². The van der Waals surface area contributed by atoms with Crippen molar-refractivity contribution < 1.29 is 14.7 Å². The highest BCUT2D eigenvalue weighted by Crippen LogP contribution is 2.17. The van der Waals surface area contributed by atoms with E-state index in [1.54, 1.807) is 31.2 Å². The zero-order valence-corrected chi connectivity index (χ0v) is 11.6. The zero-order valence-electron chi connectivity index (χ0n) is 11.6. The topological polar surface area (TPSA) is 79.3 Å². The predicted molar refractivity (Wildman–Crippen MR) is 77.9 cm³/mol. The van der Waals surface area contributed by atoms with Crippen LogP contribution in [0.15, 0.2) is 48.7 Å². The molecule has 5 heteroatoms. The van der Waals surface area contributed by atoms with Crippen LogP contribution in [0.4, 0.5) is 0 Å². The minimum Gasteiger partial charge on any atom is -0.481 e. The Morgan fingerprint density at radius 1 is 1.19 bits per heavy atom. The van der Waals surface area contributed by atoms with E-state index in [-0.39, 0.29) is 12.3 Å². The lowest BCUT2D eigenvalue weighted by Crippen LogP contribution is -2.31. The molecule has 1 unspecified atom stereocenters. The van der Waals surface area contributed by atoms with Crippen LogP contribution in [-0.4, -0.2) is 22.0 Å². The fourth-order valence-electron chi connectivity index (χ4n) is 2.06. The van der Waals surface area contributed by atoms with Crippen LogP contribution in [0.1, 0.15) is 34.1 Å². The quantitative estimate of drug-likeness (QED) is 0.883. The third-order valence-electron chi connectivity index (χ3n) is 3.11. The van der Waals surface area contributed by atoms with Gasteiger partial charge in [-0.25, -0.2) is 0 Å². The molecule has 1 heterocycles. The number of hydrogen-bond donors (Lipinski definition) is 2. The van der Waals surface area contributed by atoms with Crippen LogP contribution in [0.2, 0.25) is 0 Å². The van der Waals surface area contributed by atoms with E-state index in [2.05, 4.69) is 10.3 Å². The van der Waals surface area contributed by atoms with Crippen molar-refractivity contribution in [2.24, 2.45) is 0 Å². The van der Waals surface area contributed by atoms with Crippen LogP contribution in [0.25, 0.3) is 0 Å². The molecule has 108 valence electrons. The number of carbonyl (C=O) groups is 2. The van der Waals surface area contributed by atoms with Crippen molar-refractivity contribution in [2.45, 2.75) is 19.4 Å². The number of carboxylic acid groups (broad SMARTS) is 1. The van der Waals surface area contributed by atoms with Crippen LogP contribution in [0.5, 0.6) is 0 Å². The smallest absolute Gasteiger partial charge is 0.305 e. The number of pyridine rings is 1. The minimum absolute atomic E-state index is 0.179. The van der Waals surface area contributed by atoms with Gasteiger partial charge in [0.05, 0.1) is 12.5 Å². The Kier molecular flexibility index (Phi) is 4.66. The van der Waals surface area contributed by atoms with Gasteiger partial charge >= 0.3 is 5.97 Å². The number of aryl methyl sites for hydroxylation is 1. The Hall–Kier alpha value is -2.69. The molecule has 1 aromatic heterocycles. The number of aliphatic carboxylic acids is 1. The fraction of sp³-hybridized carbons (Fsp3) is 0.188. The summed E-state index contributed by atoms with van der Waals surface area (Å²) in [6.07, 6.45) is 1.36. The normalized spacial score (nSPS) is 11.7. The molecule has 0 aliphatic rings. The van der Waals surface area contributed by atoms with Crippen molar-refractivity contribution in [1.29, 1.82) is 0 Å². The second-order valence-corrected chi connectivity index (χ2v) is 4.70. The molecule has 0 radical (unpaired) electrons. The first-order valence-electron chi connectivity index (χ1n) is 6.57. The summed E-state index contributed by atoms with van der Waals surface area (Å²) in [6, 6.07) is 12.0. The van der Waals surface area contributed by atoms with Gasteiger partial charge < -0.3 is 10.4 Å². The summed E-state index contributed by atoms with van der Waals surface area (Å²) >= 11 is 0. The maximum absolute atomic E-state index is 12.3. The molecular weight excluding hydrogens is 268 g/mol. The Bertz CT molecular complexity index is 641. The summed E-state index contributed by atoms with van der Waals surface area (Å²) in [7, 11) is 0. The van der Waals surface area contributed by atoms with Gasteiger partial charge in [-0.3, -0.25) is 14.6 Å². The molecule has 0 aliphatic carbocycles. The number of carbonyl (C=O) groups excluding carboxylic acids is 1. The average Bonchev–Trinajstić information content (AvgIpc) is 2.47. The first-order valence-corrected chi connectivity index (χ1v) is 6.57. The van der Waals surface area contributed by atoms with Crippen LogP contribution in [0, 0.1) is 6.92 Å². The number of nitrogens with one attached hydrogen (secondary N) is 1. The molecule has 0 bridgehead atoms. The van der Waals surface area contributed by atoms with Gasteiger partial charge in [-0.1, -0.05) is 36.4 Å². The number of hydrogen-bond acceptors (Lipinski definition) is 3. The summed E-state index contributed by atoms with van der Waals surface area (Å²) in [4.78, 5) is 27.3. The Morgan fingerprint density at radius 2 is 1.90 bits per heavy atom. The highest BCUT2D eigenvalue weighted by Gasteiger charge is 2.20. The van der Waals surface area contributed by atoms with Crippen molar-refractivity contribution in [3.63, 3.8) is 0 Å². The molecule has 1 atom stereocenters. The molecule has 2 rings (SSSR count). The Morgan fingerprint density at radius 3 is 2.52 bits per heavy atom. The number of carboxylic acids is 1. The van der Waals surface area contributed by atoms with Crippen molar-refractivity contribution >= 4 is 11.9 Å². The van der Waals surface area contributed by atoms with Crippen LogP contribution in [-0.2, 0) is 4.79 Å². The van der Waals surface area contributed by atoms with Gasteiger partial charge in [-0.15, -0.1) is 0 Å². The van der Waals surface area contributed by atoms with Gasteiger partial charge in [0.15, 0.2) is 0 Å². The number of benzene rings is 1. The van der Waals surface area contributed by atoms with Gasteiger partial charge in [-0.05, 0) is 24.1 Å². The highest BCUT2D eigenvalue weighted by atomic mass is 16.4. The molecule has 1 aromatic carbocycles. The molecular formula is C16H16N2O3. The van der Waals surface area contributed by atoms with Crippen LogP contribution in [0.3, 0.4) is 0 Å². The molecule has 0 aliphatic heterocycles. The van der Waals surface area contributed by atoms with E-state index in [1.165, 1.54) is 6.20 Å². The monoisotopic (exact) mass is 284 g/mol. The van der Waals surface area contributed by atoms with Crippen molar-refractivity contribution in [3.05, 3.63) is 65.5 Å². The summed E-state index contributed by atoms with van der Waals surface area (Å²) in [5.41, 5.74) is 1.81. The third kappa shape index (κ3) is 3.89. The van der Waals surface area contributed by atoms with E-state index in [1.807, 2.05) is 18.2 Å². The number of amides is 1. The van der Waals surface area contributed by atoms with E-state index >= 15 is 0 Å². The van der Waals surface area contributed by atoms with Gasteiger partial charge in [0, 0.05) is 6.20 Å². The summed E-state index contributed by atoms with van der Waals surface area (Å²) in [5.74, 6) is -1.34. The lowest BCUT2D eigenvalue weighted by atomic mass is 10.0. The van der Waals surface area contributed by atoms with E-state index in [4.69, 9.17) is 5.11 Å². The molecule has 0 fully saturated rings. The summed E-state index contributed by atoms with van der Waals surface area (Å²) in [5, 5.41) is 11.8. The average molecular weight is 284 g/mol. The molecule has 1 amide bonds. The van der Waals surface area contributed by atoms with Gasteiger partial charge in [-0.2, -0.15) is 0 Å². The van der Waals surface area contributed by atoms with Gasteiger partial charge in [0.25, 0.3) is 5.91 Å². The SMILES string of the molecule is Cc1cccnc1C(=O)NC(CC(=O)O)c1ccccc1. The minimum atomic E-state index is -0.970. The zero-order chi connectivity index (χ0) is 15.2. The third-order valence-corrected chi connectivity index (χ3v) is 3.11. The van der Waals surface area contributed by atoms with Crippen molar-refractivity contribution in [3.8, 4) is 0 Å². The first kappa shape index (κ1) is 14.7. The van der Waals surface area contributed by atoms with E-state index < -0.39 is 12.0 Å². The maximum Gasteiger partial charge on any atom is 0.305 e. The molecule has 2 N–H and O–H groups in total. The second-order valence-electron chi connectivity index (χ2n) is 4.70. The summed E-state index contributed by atoms with van der Waals surface area (Å²) < 4.78 is 0. The highest BCUT2D eigenvalue weighted by molar-refractivity contribution is 5.94. The maximum atomic E-state index is 12.3. The van der Waals surface area contributed by atoms with Crippen molar-refractivity contribution in [2.75, 3.05) is 0 Å².